The summed E-state index contributed by atoms with van der Waals surface area (Å²) in [4.78, 5) is 28.2. The first-order chi connectivity index (χ1) is 9.47. The van der Waals surface area contributed by atoms with E-state index in [1.54, 1.807) is 18.7 Å². The zero-order valence-electron chi connectivity index (χ0n) is 11.6. The van der Waals surface area contributed by atoms with Gasteiger partial charge in [0.2, 0.25) is 0 Å². The molecule has 2 rings (SSSR count). The number of H-pyrrole nitrogens is 1. The van der Waals surface area contributed by atoms with Crippen molar-refractivity contribution >= 4 is 11.9 Å². The van der Waals surface area contributed by atoms with Gasteiger partial charge in [-0.2, -0.15) is 5.26 Å². The minimum absolute atomic E-state index is 0.0573. The number of aromatic nitrogens is 1. The average molecular weight is 275 g/mol. The van der Waals surface area contributed by atoms with E-state index in [1.165, 1.54) is 0 Å². The van der Waals surface area contributed by atoms with Crippen molar-refractivity contribution in [2.75, 3.05) is 6.54 Å². The van der Waals surface area contributed by atoms with Gasteiger partial charge in [0.05, 0.1) is 18.1 Å². The molecule has 0 atom stereocenters. The highest BCUT2D eigenvalue weighted by atomic mass is 16.4. The number of nitrogens with zero attached hydrogens (tertiary/aromatic N) is 2. The Morgan fingerprint density at radius 3 is 2.55 bits per heavy atom. The second-order valence-electron chi connectivity index (χ2n) is 5.07. The Balaban J connectivity index is 2.32. The van der Waals surface area contributed by atoms with E-state index in [2.05, 4.69) is 4.98 Å². The van der Waals surface area contributed by atoms with Crippen LogP contribution in [0.15, 0.2) is 0 Å². The zero-order chi connectivity index (χ0) is 14.9. The van der Waals surface area contributed by atoms with Crippen LogP contribution in [0.3, 0.4) is 0 Å². The highest BCUT2D eigenvalue weighted by Gasteiger charge is 2.35. The van der Waals surface area contributed by atoms with Crippen LogP contribution < -0.4 is 0 Å². The number of carbonyl (C=O) groups is 2. The van der Waals surface area contributed by atoms with Crippen molar-refractivity contribution in [3.05, 3.63) is 22.5 Å². The number of carboxylic acid groups (broad SMARTS) is 1. The monoisotopic (exact) mass is 275 g/mol. The predicted octanol–water partition coefficient (Wildman–Crippen LogP) is 1.85. The van der Waals surface area contributed by atoms with Crippen molar-refractivity contribution in [2.24, 2.45) is 0 Å². The van der Waals surface area contributed by atoms with Crippen LogP contribution in [0.4, 0.5) is 0 Å². The number of nitriles is 1. The van der Waals surface area contributed by atoms with Crippen LogP contribution in [0.1, 0.15) is 51.4 Å². The third-order valence-electron chi connectivity index (χ3n) is 3.58. The molecule has 1 fully saturated rings. The van der Waals surface area contributed by atoms with Gasteiger partial charge < -0.3 is 15.0 Å². The molecule has 106 valence electrons. The maximum Gasteiger partial charge on any atom is 0.352 e. The van der Waals surface area contributed by atoms with Crippen LogP contribution >= 0.6 is 0 Å². The molecule has 1 aliphatic rings. The standard InChI is InChI=1S/C14H17N3O3/c1-8-11(9(2)16-12(8)14(19)20)13(18)17(7-3-6-15)10-4-5-10/h10,16H,3-5,7H2,1-2H3,(H,19,20). The van der Waals surface area contributed by atoms with Crippen molar-refractivity contribution in [1.82, 2.24) is 9.88 Å². The first-order valence-electron chi connectivity index (χ1n) is 6.57. The van der Waals surface area contributed by atoms with Gasteiger partial charge in [-0.05, 0) is 32.3 Å². The summed E-state index contributed by atoms with van der Waals surface area (Å²) >= 11 is 0. The minimum atomic E-state index is -1.07. The van der Waals surface area contributed by atoms with Gasteiger partial charge in [0, 0.05) is 18.3 Å². The molecule has 0 spiro atoms. The molecule has 1 heterocycles. The topological polar surface area (TPSA) is 97.2 Å². The Labute approximate surface area is 117 Å². The lowest BCUT2D eigenvalue weighted by atomic mass is 10.1. The van der Waals surface area contributed by atoms with Crippen molar-refractivity contribution < 1.29 is 14.7 Å². The fourth-order valence-corrected chi connectivity index (χ4v) is 2.43. The number of aromatic carboxylic acids is 1. The van der Waals surface area contributed by atoms with Crippen LogP contribution in [-0.4, -0.2) is 39.5 Å². The van der Waals surface area contributed by atoms with E-state index < -0.39 is 5.97 Å². The number of amides is 1. The maximum atomic E-state index is 12.6. The highest BCUT2D eigenvalue weighted by molar-refractivity contribution is 6.01. The van der Waals surface area contributed by atoms with Crippen LogP contribution in [0, 0.1) is 25.2 Å². The molecule has 2 N–H and O–H groups in total. The van der Waals surface area contributed by atoms with Crippen LogP contribution in [0.2, 0.25) is 0 Å². The normalized spacial score (nSPS) is 13.8. The summed E-state index contributed by atoms with van der Waals surface area (Å²) in [6, 6.07) is 2.24. The molecule has 20 heavy (non-hydrogen) atoms. The third kappa shape index (κ3) is 2.52. The van der Waals surface area contributed by atoms with Crippen molar-refractivity contribution in [3.63, 3.8) is 0 Å². The smallest absolute Gasteiger partial charge is 0.352 e. The van der Waals surface area contributed by atoms with Crippen LogP contribution in [0.25, 0.3) is 0 Å². The molecule has 0 radical (unpaired) electrons. The average Bonchev–Trinajstić information content (AvgIpc) is 3.16. The first kappa shape index (κ1) is 14.1. The number of nitrogens with one attached hydrogen (secondary N) is 1. The van der Waals surface area contributed by atoms with Gasteiger partial charge in [-0.3, -0.25) is 4.79 Å². The van der Waals surface area contributed by atoms with Crippen molar-refractivity contribution in [1.29, 1.82) is 5.26 Å². The first-order valence-corrected chi connectivity index (χ1v) is 6.57. The zero-order valence-corrected chi connectivity index (χ0v) is 11.6. The largest absolute Gasteiger partial charge is 0.477 e. The number of rotatable bonds is 5. The van der Waals surface area contributed by atoms with Gasteiger partial charge >= 0.3 is 5.97 Å². The van der Waals surface area contributed by atoms with Crippen LogP contribution in [0.5, 0.6) is 0 Å². The molecule has 0 aromatic carbocycles. The fraction of sp³-hybridized carbons (Fsp3) is 0.500. The molecule has 1 amide bonds. The molecule has 0 unspecified atom stereocenters. The summed E-state index contributed by atoms with van der Waals surface area (Å²) in [6.45, 7) is 3.73. The fourth-order valence-electron chi connectivity index (χ4n) is 2.43. The lowest BCUT2D eigenvalue weighted by molar-refractivity contribution is 0.0690. The van der Waals surface area contributed by atoms with E-state index in [-0.39, 0.29) is 24.1 Å². The molecule has 0 aliphatic heterocycles. The number of hydrogen-bond donors (Lipinski definition) is 2. The summed E-state index contributed by atoms with van der Waals surface area (Å²) < 4.78 is 0. The number of aryl methyl sites for hydroxylation is 1. The molecule has 1 aromatic rings. The van der Waals surface area contributed by atoms with E-state index in [0.29, 0.717) is 23.4 Å². The Morgan fingerprint density at radius 2 is 2.10 bits per heavy atom. The van der Waals surface area contributed by atoms with E-state index in [9.17, 15) is 9.59 Å². The van der Waals surface area contributed by atoms with E-state index in [0.717, 1.165) is 12.8 Å². The third-order valence-corrected chi connectivity index (χ3v) is 3.58. The second kappa shape index (κ2) is 5.37. The lowest BCUT2D eigenvalue weighted by Gasteiger charge is -2.21. The molecule has 1 aliphatic carbocycles. The van der Waals surface area contributed by atoms with Gasteiger partial charge in [-0.1, -0.05) is 0 Å². The Kier molecular flexibility index (Phi) is 3.79. The Bertz CT molecular complexity index is 594. The highest BCUT2D eigenvalue weighted by Crippen LogP contribution is 2.30. The summed E-state index contributed by atoms with van der Waals surface area (Å²) in [5.74, 6) is -1.25. The predicted molar refractivity (Wildman–Crippen MR) is 71.5 cm³/mol. The van der Waals surface area contributed by atoms with Gasteiger partial charge in [-0.25, -0.2) is 4.79 Å². The van der Waals surface area contributed by atoms with Crippen LogP contribution in [-0.2, 0) is 0 Å². The number of carbonyl (C=O) groups excluding carboxylic acids is 1. The van der Waals surface area contributed by atoms with Crippen molar-refractivity contribution in [3.8, 4) is 6.07 Å². The molecule has 1 aromatic heterocycles. The van der Waals surface area contributed by atoms with Crippen molar-refractivity contribution in [2.45, 2.75) is 39.2 Å². The number of hydrogen-bond acceptors (Lipinski definition) is 3. The molecule has 0 bridgehead atoms. The van der Waals surface area contributed by atoms with Gasteiger partial charge in [-0.15, -0.1) is 0 Å². The van der Waals surface area contributed by atoms with Gasteiger partial charge in [0.1, 0.15) is 5.69 Å². The van der Waals surface area contributed by atoms with Gasteiger partial charge in [0.15, 0.2) is 0 Å². The maximum absolute atomic E-state index is 12.6. The second-order valence-corrected chi connectivity index (χ2v) is 5.07. The number of aromatic amines is 1. The molecule has 0 saturated heterocycles. The minimum Gasteiger partial charge on any atom is -0.477 e. The lowest BCUT2D eigenvalue weighted by Crippen LogP contribution is -2.34. The number of carboxylic acids is 1. The summed E-state index contributed by atoms with van der Waals surface area (Å²) in [5.41, 5.74) is 1.50. The van der Waals surface area contributed by atoms with E-state index >= 15 is 0 Å². The quantitative estimate of drug-likeness (QED) is 0.856. The molecule has 6 heteroatoms. The molecule has 6 nitrogen and oxygen atoms in total. The van der Waals surface area contributed by atoms with Gasteiger partial charge in [0.25, 0.3) is 5.91 Å². The molecular formula is C14H17N3O3. The van der Waals surface area contributed by atoms with E-state index in [1.807, 2.05) is 6.07 Å². The summed E-state index contributed by atoms with van der Waals surface area (Å²) in [5, 5.41) is 17.8. The molecular weight excluding hydrogens is 258 g/mol. The molecule has 1 saturated carbocycles. The Morgan fingerprint density at radius 1 is 1.45 bits per heavy atom. The van der Waals surface area contributed by atoms with E-state index in [4.69, 9.17) is 10.4 Å². The summed E-state index contributed by atoms with van der Waals surface area (Å²) in [6.07, 6.45) is 2.19. The Hall–Kier alpha value is -2.29. The SMILES string of the molecule is Cc1[nH]c(C(=O)O)c(C)c1C(=O)N(CCC#N)C1CC1. The summed E-state index contributed by atoms with van der Waals surface area (Å²) in [7, 11) is 0.